The van der Waals surface area contributed by atoms with Crippen molar-refractivity contribution in [2.45, 2.75) is 0 Å². The predicted molar refractivity (Wildman–Crippen MR) is 58.8 cm³/mol. The molecule has 0 fully saturated rings. The molecule has 0 aliphatic rings. The summed E-state index contributed by atoms with van der Waals surface area (Å²) in [6.07, 6.45) is 1.53. The molecule has 0 atom stereocenters. The number of amides is 1. The first-order valence-electron chi connectivity index (χ1n) is 4.91. The van der Waals surface area contributed by atoms with Gasteiger partial charge in [0.25, 0.3) is 5.91 Å². The molecule has 0 aromatic carbocycles. The number of quaternary nitrogens is 1. The molecule has 7 heteroatoms. The normalized spacial score (nSPS) is 11.4. The van der Waals surface area contributed by atoms with Gasteiger partial charge in [-0.2, -0.15) is 0 Å². The Balaban J connectivity index is 3.94. The minimum Gasteiger partial charge on any atom is -0.478 e. The lowest BCUT2D eigenvalue weighted by atomic mass is 10.4. The Hall–Kier alpha value is -1.89. The van der Waals surface area contributed by atoms with E-state index in [1.165, 1.54) is 0 Å². The standard InChI is InChI=1S/C10H16N2O5/c1-12(2,7-8(11)13)5-6-17-10(16)4-3-9(14)15/h3-4H,5-7H2,1-2H3,(H2-,11,13,14,15)/p+1/b4-3+. The summed E-state index contributed by atoms with van der Waals surface area (Å²) in [6, 6.07) is 0. The molecule has 17 heavy (non-hydrogen) atoms. The van der Waals surface area contributed by atoms with E-state index in [4.69, 9.17) is 15.6 Å². The average Bonchev–Trinajstić information content (AvgIpc) is 2.12. The van der Waals surface area contributed by atoms with E-state index in [0.29, 0.717) is 17.1 Å². The minimum atomic E-state index is -1.22. The van der Waals surface area contributed by atoms with Crippen LogP contribution in [0.2, 0.25) is 0 Å². The van der Waals surface area contributed by atoms with Crippen molar-refractivity contribution < 1.29 is 28.7 Å². The van der Waals surface area contributed by atoms with E-state index in [-0.39, 0.29) is 13.2 Å². The average molecular weight is 245 g/mol. The van der Waals surface area contributed by atoms with Crippen molar-refractivity contribution in [2.24, 2.45) is 5.73 Å². The van der Waals surface area contributed by atoms with E-state index in [9.17, 15) is 14.4 Å². The second-order valence-corrected chi connectivity index (χ2v) is 4.12. The zero-order chi connectivity index (χ0) is 13.5. The summed E-state index contributed by atoms with van der Waals surface area (Å²) in [5.41, 5.74) is 5.05. The fourth-order valence-corrected chi connectivity index (χ4v) is 1.08. The first kappa shape index (κ1) is 15.1. The molecule has 0 spiro atoms. The molecule has 0 aliphatic heterocycles. The van der Waals surface area contributed by atoms with Crippen LogP contribution >= 0.6 is 0 Å². The molecule has 0 bridgehead atoms. The van der Waals surface area contributed by atoms with Crippen molar-refractivity contribution in [1.29, 1.82) is 0 Å². The van der Waals surface area contributed by atoms with Crippen LogP contribution in [0, 0.1) is 0 Å². The van der Waals surface area contributed by atoms with E-state index in [1.807, 2.05) is 0 Å². The van der Waals surface area contributed by atoms with Crippen LogP contribution in [0.5, 0.6) is 0 Å². The molecule has 0 unspecified atom stereocenters. The molecule has 0 radical (unpaired) electrons. The SMILES string of the molecule is C[N+](C)(CCOC(=O)/C=C/C(=O)O)CC(N)=O. The van der Waals surface area contributed by atoms with Crippen molar-refractivity contribution >= 4 is 17.8 Å². The number of carboxylic acid groups (broad SMARTS) is 1. The van der Waals surface area contributed by atoms with Gasteiger partial charge in [0.05, 0.1) is 14.1 Å². The molecule has 0 heterocycles. The Labute approximate surface area is 99.0 Å². The fourth-order valence-electron chi connectivity index (χ4n) is 1.08. The Kier molecular flexibility index (Phi) is 5.90. The Morgan fingerprint density at radius 1 is 1.29 bits per heavy atom. The molecular weight excluding hydrogens is 228 g/mol. The maximum absolute atomic E-state index is 11.0. The van der Waals surface area contributed by atoms with Crippen LogP contribution in [0.4, 0.5) is 0 Å². The molecule has 0 saturated heterocycles. The maximum Gasteiger partial charge on any atom is 0.331 e. The van der Waals surface area contributed by atoms with Gasteiger partial charge in [0.1, 0.15) is 13.2 Å². The van der Waals surface area contributed by atoms with E-state index in [2.05, 4.69) is 0 Å². The van der Waals surface area contributed by atoms with Crippen LogP contribution in [0.15, 0.2) is 12.2 Å². The van der Waals surface area contributed by atoms with Gasteiger partial charge in [-0.25, -0.2) is 9.59 Å². The number of nitrogens with zero attached hydrogens (tertiary/aromatic N) is 1. The van der Waals surface area contributed by atoms with Crippen LogP contribution in [-0.4, -0.2) is 61.2 Å². The van der Waals surface area contributed by atoms with Crippen LogP contribution in [-0.2, 0) is 19.1 Å². The maximum atomic E-state index is 11.0. The van der Waals surface area contributed by atoms with Gasteiger partial charge in [-0.05, 0) is 0 Å². The van der Waals surface area contributed by atoms with E-state index in [1.54, 1.807) is 14.1 Å². The smallest absolute Gasteiger partial charge is 0.331 e. The summed E-state index contributed by atoms with van der Waals surface area (Å²) >= 11 is 0. The third-order valence-corrected chi connectivity index (χ3v) is 1.89. The van der Waals surface area contributed by atoms with Gasteiger partial charge >= 0.3 is 11.9 Å². The number of esters is 1. The molecule has 96 valence electrons. The van der Waals surface area contributed by atoms with Crippen molar-refractivity contribution in [1.82, 2.24) is 0 Å². The Morgan fingerprint density at radius 3 is 2.35 bits per heavy atom. The zero-order valence-electron chi connectivity index (χ0n) is 9.88. The number of nitrogens with two attached hydrogens (primary N) is 1. The van der Waals surface area contributed by atoms with Crippen LogP contribution in [0.25, 0.3) is 0 Å². The van der Waals surface area contributed by atoms with Crippen molar-refractivity contribution in [3.8, 4) is 0 Å². The fraction of sp³-hybridized carbons (Fsp3) is 0.500. The van der Waals surface area contributed by atoms with Crippen LogP contribution < -0.4 is 5.73 Å². The molecule has 7 nitrogen and oxygen atoms in total. The molecule has 0 aromatic heterocycles. The molecule has 0 aromatic rings. The summed E-state index contributed by atoms with van der Waals surface area (Å²) in [5.74, 6) is -2.38. The van der Waals surface area contributed by atoms with Crippen LogP contribution in [0.1, 0.15) is 0 Å². The number of carbonyl (C=O) groups is 3. The van der Waals surface area contributed by atoms with Gasteiger partial charge in [-0.1, -0.05) is 0 Å². The highest BCUT2D eigenvalue weighted by atomic mass is 16.5. The first-order chi connectivity index (χ1) is 7.73. The number of hydrogen-bond acceptors (Lipinski definition) is 4. The third kappa shape index (κ3) is 9.06. The number of aliphatic carboxylic acids is 1. The van der Waals surface area contributed by atoms with E-state index < -0.39 is 17.8 Å². The van der Waals surface area contributed by atoms with Gasteiger partial charge < -0.3 is 20.1 Å². The quantitative estimate of drug-likeness (QED) is 0.330. The highest BCUT2D eigenvalue weighted by Gasteiger charge is 2.18. The number of carbonyl (C=O) groups excluding carboxylic acids is 2. The zero-order valence-corrected chi connectivity index (χ0v) is 9.88. The van der Waals surface area contributed by atoms with Gasteiger partial charge in [0.2, 0.25) is 0 Å². The lowest BCUT2D eigenvalue weighted by Gasteiger charge is -2.27. The van der Waals surface area contributed by atoms with Gasteiger partial charge in [-0.3, -0.25) is 4.79 Å². The molecule has 1 amide bonds. The van der Waals surface area contributed by atoms with E-state index >= 15 is 0 Å². The highest BCUT2D eigenvalue weighted by Crippen LogP contribution is 1.96. The minimum absolute atomic E-state index is 0.0864. The number of likely N-dealkylation sites (N-methyl/N-ethyl adjacent to an activating group) is 1. The molecule has 0 aliphatic carbocycles. The largest absolute Gasteiger partial charge is 0.478 e. The third-order valence-electron chi connectivity index (χ3n) is 1.89. The summed E-state index contributed by atoms with van der Waals surface area (Å²) in [6.45, 7) is 0.640. The predicted octanol–water partition coefficient (Wildman–Crippen LogP) is -1.27. The van der Waals surface area contributed by atoms with Crippen molar-refractivity contribution in [3.63, 3.8) is 0 Å². The van der Waals surface area contributed by atoms with Gasteiger partial charge in [-0.15, -0.1) is 0 Å². The topological polar surface area (TPSA) is 107 Å². The molecule has 0 rings (SSSR count). The second-order valence-electron chi connectivity index (χ2n) is 4.12. The molecular formula is C10H17N2O5+. The van der Waals surface area contributed by atoms with E-state index in [0.717, 1.165) is 6.08 Å². The second kappa shape index (κ2) is 6.64. The number of carboxylic acids is 1. The number of hydrogen-bond donors (Lipinski definition) is 2. The summed E-state index contributed by atoms with van der Waals surface area (Å²) in [5, 5.41) is 8.27. The Bertz CT molecular complexity index is 336. The molecule has 3 N–H and O–H groups in total. The van der Waals surface area contributed by atoms with Crippen molar-refractivity contribution in [3.05, 3.63) is 12.2 Å². The van der Waals surface area contributed by atoms with Gasteiger partial charge in [0, 0.05) is 12.2 Å². The highest BCUT2D eigenvalue weighted by molar-refractivity contribution is 5.90. The lowest BCUT2D eigenvalue weighted by Crippen LogP contribution is -2.48. The Morgan fingerprint density at radius 2 is 1.88 bits per heavy atom. The van der Waals surface area contributed by atoms with Crippen LogP contribution in [0.3, 0.4) is 0 Å². The number of primary amides is 1. The number of rotatable bonds is 7. The summed E-state index contributed by atoms with van der Waals surface area (Å²) in [7, 11) is 3.54. The summed E-state index contributed by atoms with van der Waals surface area (Å²) < 4.78 is 5.05. The summed E-state index contributed by atoms with van der Waals surface area (Å²) in [4.78, 5) is 31.8. The lowest BCUT2D eigenvalue weighted by molar-refractivity contribution is -0.882. The monoisotopic (exact) mass is 245 g/mol. The first-order valence-corrected chi connectivity index (χ1v) is 4.91. The number of ether oxygens (including phenoxy) is 1. The molecule has 0 saturated carbocycles. The van der Waals surface area contributed by atoms with Crippen molar-refractivity contribution in [2.75, 3.05) is 33.8 Å². The van der Waals surface area contributed by atoms with Gasteiger partial charge in [0.15, 0.2) is 6.54 Å².